The summed E-state index contributed by atoms with van der Waals surface area (Å²) in [5, 5.41) is 11.5. The highest BCUT2D eigenvalue weighted by molar-refractivity contribution is 6.31. The molecule has 2 aromatic carbocycles. The number of ether oxygens (including phenoxy) is 1. The van der Waals surface area contributed by atoms with E-state index in [0.717, 1.165) is 5.56 Å². The molecule has 180 valence electrons. The highest BCUT2D eigenvalue weighted by Gasteiger charge is 2.33. The zero-order chi connectivity index (χ0) is 24.2. The zero-order valence-corrected chi connectivity index (χ0v) is 20.1. The fraction of sp³-hybridized carbons (Fsp3) is 0.346. The van der Waals surface area contributed by atoms with Crippen LogP contribution in [-0.2, 0) is 11.3 Å². The lowest BCUT2D eigenvalue weighted by molar-refractivity contribution is 0.183. The van der Waals surface area contributed by atoms with Crippen molar-refractivity contribution in [2.75, 3.05) is 44.8 Å². The molecule has 0 aliphatic carbocycles. The van der Waals surface area contributed by atoms with E-state index in [9.17, 15) is 14.3 Å². The third-order valence-corrected chi connectivity index (χ3v) is 6.73. The Bertz CT molecular complexity index is 1210. The molecule has 34 heavy (non-hydrogen) atoms. The molecule has 0 unspecified atom stereocenters. The van der Waals surface area contributed by atoms with E-state index < -0.39 is 6.04 Å². The standard InChI is InChI=1S/C26H29ClFN3O3/c1-18-17-23(32)24(26(33)31(18)15-16-34-2)25(19-7-3-4-8-20(19)27)30-13-11-29(12-14-30)22-10-6-5-9-21(22)28/h3-10,17,25,32H,11-16H2,1-2H3/t25-/m1/s1. The third kappa shape index (κ3) is 4.82. The zero-order valence-electron chi connectivity index (χ0n) is 19.4. The van der Waals surface area contributed by atoms with Crippen LogP contribution in [0.15, 0.2) is 59.4 Å². The molecule has 1 aliphatic heterocycles. The number of halogens is 2. The van der Waals surface area contributed by atoms with Crippen LogP contribution < -0.4 is 10.5 Å². The monoisotopic (exact) mass is 485 g/mol. The van der Waals surface area contributed by atoms with Crippen molar-refractivity contribution in [1.29, 1.82) is 0 Å². The van der Waals surface area contributed by atoms with Crippen LogP contribution in [0.2, 0.25) is 5.02 Å². The lowest BCUT2D eigenvalue weighted by atomic mass is 9.95. The van der Waals surface area contributed by atoms with Gasteiger partial charge >= 0.3 is 0 Å². The maximum atomic E-state index is 14.3. The lowest BCUT2D eigenvalue weighted by Gasteiger charge is -2.40. The molecule has 1 fully saturated rings. The minimum absolute atomic E-state index is 0.0578. The molecule has 1 N–H and O–H groups in total. The van der Waals surface area contributed by atoms with E-state index in [2.05, 4.69) is 4.90 Å². The number of anilines is 1. The van der Waals surface area contributed by atoms with Gasteiger partial charge in [-0.15, -0.1) is 0 Å². The Labute approximate surface area is 203 Å². The van der Waals surface area contributed by atoms with E-state index in [1.807, 2.05) is 29.2 Å². The van der Waals surface area contributed by atoms with Gasteiger partial charge in [-0.25, -0.2) is 4.39 Å². The van der Waals surface area contributed by atoms with Gasteiger partial charge in [0.25, 0.3) is 5.56 Å². The first-order valence-electron chi connectivity index (χ1n) is 11.3. The van der Waals surface area contributed by atoms with Gasteiger partial charge in [0.05, 0.1) is 23.9 Å². The summed E-state index contributed by atoms with van der Waals surface area (Å²) in [7, 11) is 1.59. The first kappa shape index (κ1) is 24.3. The molecule has 0 amide bonds. The molecule has 1 atom stereocenters. The SMILES string of the molecule is COCCn1c(C)cc(O)c([C@@H](c2ccccc2Cl)N2CCN(c3ccccc3F)CC2)c1=O. The summed E-state index contributed by atoms with van der Waals surface area (Å²) >= 11 is 6.60. The van der Waals surface area contributed by atoms with Gasteiger partial charge in [-0.3, -0.25) is 9.69 Å². The Morgan fingerprint density at radius 2 is 1.76 bits per heavy atom. The minimum Gasteiger partial charge on any atom is -0.507 e. The van der Waals surface area contributed by atoms with Crippen LogP contribution in [0.1, 0.15) is 22.9 Å². The molecule has 0 bridgehead atoms. The van der Waals surface area contributed by atoms with E-state index in [1.165, 1.54) is 6.07 Å². The van der Waals surface area contributed by atoms with Crippen molar-refractivity contribution in [2.45, 2.75) is 19.5 Å². The second-order valence-electron chi connectivity index (χ2n) is 8.43. The number of hydrogen-bond donors (Lipinski definition) is 1. The van der Waals surface area contributed by atoms with Gasteiger partial charge in [-0.1, -0.05) is 41.9 Å². The van der Waals surface area contributed by atoms with Gasteiger partial charge in [0.2, 0.25) is 0 Å². The highest BCUT2D eigenvalue weighted by atomic mass is 35.5. The van der Waals surface area contributed by atoms with E-state index in [-0.39, 0.29) is 22.7 Å². The van der Waals surface area contributed by atoms with Crippen LogP contribution in [0.4, 0.5) is 10.1 Å². The predicted molar refractivity (Wildman–Crippen MR) is 132 cm³/mol. The lowest BCUT2D eigenvalue weighted by Crippen LogP contribution is -2.49. The topological polar surface area (TPSA) is 57.9 Å². The van der Waals surface area contributed by atoms with Crippen molar-refractivity contribution in [3.8, 4) is 5.75 Å². The fourth-order valence-electron chi connectivity index (χ4n) is 4.65. The number of hydrogen-bond acceptors (Lipinski definition) is 5. The van der Waals surface area contributed by atoms with E-state index in [1.54, 1.807) is 42.9 Å². The highest BCUT2D eigenvalue weighted by Crippen LogP contribution is 2.37. The van der Waals surface area contributed by atoms with Gasteiger partial charge in [-0.2, -0.15) is 0 Å². The number of methoxy groups -OCH3 is 1. The second-order valence-corrected chi connectivity index (χ2v) is 8.84. The van der Waals surface area contributed by atoms with Gasteiger partial charge in [0.1, 0.15) is 11.6 Å². The van der Waals surface area contributed by atoms with Crippen molar-refractivity contribution in [3.63, 3.8) is 0 Å². The number of para-hydroxylation sites is 1. The van der Waals surface area contributed by atoms with Crippen LogP contribution in [0.3, 0.4) is 0 Å². The van der Waals surface area contributed by atoms with Crippen molar-refractivity contribution in [1.82, 2.24) is 9.47 Å². The number of aryl methyl sites for hydroxylation is 1. The first-order chi connectivity index (χ1) is 16.4. The Hall–Kier alpha value is -2.87. The van der Waals surface area contributed by atoms with Crippen LogP contribution in [0.25, 0.3) is 0 Å². The predicted octanol–water partition coefficient (Wildman–Crippen LogP) is 4.21. The number of aromatic nitrogens is 1. The number of pyridine rings is 1. The average Bonchev–Trinajstić information content (AvgIpc) is 2.83. The molecule has 0 radical (unpaired) electrons. The van der Waals surface area contributed by atoms with Crippen LogP contribution >= 0.6 is 11.6 Å². The van der Waals surface area contributed by atoms with Crippen molar-refractivity contribution < 1.29 is 14.2 Å². The third-order valence-electron chi connectivity index (χ3n) is 6.39. The van der Waals surface area contributed by atoms with Gasteiger partial charge < -0.3 is 19.3 Å². The molecule has 1 saturated heterocycles. The molecule has 1 aliphatic rings. The van der Waals surface area contributed by atoms with E-state index in [0.29, 0.717) is 55.7 Å². The molecule has 4 rings (SSSR count). The number of rotatable bonds is 7. The molecule has 1 aromatic heterocycles. The maximum Gasteiger partial charge on any atom is 0.259 e. The number of nitrogens with zero attached hydrogens (tertiary/aromatic N) is 3. The van der Waals surface area contributed by atoms with Crippen molar-refractivity contribution in [3.05, 3.63) is 92.6 Å². The number of aromatic hydroxyl groups is 1. The smallest absolute Gasteiger partial charge is 0.259 e. The summed E-state index contributed by atoms with van der Waals surface area (Å²) in [6, 6.07) is 15.2. The minimum atomic E-state index is -0.543. The normalized spacial score (nSPS) is 15.5. The molecule has 3 aromatic rings. The Kier molecular flexibility index (Phi) is 7.56. The number of benzene rings is 2. The van der Waals surface area contributed by atoms with E-state index >= 15 is 0 Å². The van der Waals surface area contributed by atoms with Gasteiger partial charge in [-0.05, 0) is 36.8 Å². The van der Waals surface area contributed by atoms with Gasteiger partial charge in [0.15, 0.2) is 0 Å². The first-order valence-corrected chi connectivity index (χ1v) is 11.7. The molecule has 6 nitrogen and oxygen atoms in total. The van der Waals surface area contributed by atoms with Crippen LogP contribution in [0, 0.1) is 12.7 Å². The summed E-state index contributed by atoms with van der Waals surface area (Å²) in [6.07, 6.45) is 0. The van der Waals surface area contributed by atoms with Gasteiger partial charge in [0, 0.05) is 50.6 Å². The largest absolute Gasteiger partial charge is 0.507 e. The maximum absolute atomic E-state index is 14.3. The Morgan fingerprint density at radius 1 is 1.09 bits per heavy atom. The Balaban J connectivity index is 1.74. The number of piperazine rings is 1. The summed E-state index contributed by atoms with van der Waals surface area (Å²) in [5.74, 6) is -0.312. The quantitative estimate of drug-likeness (QED) is 0.543. The van der Waals surface area contributed by atoms with Crippen molar-refractivity contribution >= 4 is 17.3 Å². The average molecular weight is 486 g/mol. The molecular formula is C26H29ClFN3O3. The van der Waals surface area contributed by atoms with E-state index in [4.69, 9.17) is 16.3 Å². The molecule has 0 saturated carbocycles. The molecule has 0 spiro atoms. The Morgan fingerprint density at radius 3 is 2.44 bits per heavy atom. The second kappa shape index (κ2) is 10.6. The van der Waals surface area contributed by atoms with Crippen LogP contribution in [0.5, 0.6) is 5.75 Å². The molecular weight excluding hydrogens is 457 g/mol. The van der Waals surface area contributed by atoms with Crippen molar-refractivity contribution in [2.24, 2.45) is 0 Å². The fourth-order valence-corrected chi connectivity index (χ4v) is 4.89. The summed E-state index contributed by atoms with van der Waals surface area (Å²) in [5.41, 5.74) is 1.99. The molecule has 2 heterocycles. The van der Waals surface area contributed by atoms with Crippen LogP contribution in [-0.4, -0.2) is 54.5 Å². The summed E-state index contributed by atoms with van der Waals surface area (Å²) < 4.78 is 21.1. The molecule has 8 heteroatoms. The summed E-state index contributed by atoms with van der Waals surface area (Å²) in [4.78, 5) is 17.8. The summed E-state index contributed by atoms with van der Waals surface area (Å²) in [6.45, 7) is 4.83.